The van der Waals surface area contributed by atoms with Crippen molar-refractivity contribution in [1.29, 1.82) is 0 Å². The number of carbonyl (C=O) groups excluding carboxylic acids is 2. The van der Waals surface area contributed by atoms with Gasteiger partial charge in [0.25, 0.3) is 5.91 Å². The summed E-state index contributed by atoms with van der Waals surface area (Å²) in [6, 6.07) is 14.5. The van der Waals surface area contributed by atoms with Crippen LogP contribution in [0.5, 0.6) is 0 Å². The van der Waals surface area contributed by atoms with Crippen LogP contribution in [0.25, 0.3) is 0 Å². The van der Waals surface area contributed by atoms with Gasteiger partial charge in [-0.1, -0.05) is 72.2 Å². The zero-order chi connectivity index (χ0) is 20.5. The second-order valence-electron chi connectivity index (χ2n) is 7.09. The Kier molecular flexibility index (Phi) is 5.69. The molecular formula is C22H20BrN3O2S. The lowest BCUT2D eigenvalue weighted by Crippen LogP contribution is -2.42. The Morgan fingerprint density at radius 2 is 1.93 bits per heavy atom. The van der Waals surface area contributed by atoms with Gasteiger partial charge in [0.1, 0.15) is 11.9 Å². The van der Waals surface area contributed by atoms with E-state index >= 15 is 0 Å². The summed E-state index contributed by atoms with van der Waals surface area (Å²) in [5, 5.41) is 0.517. The molecule has 0 fully saturated rings. The molecular weight excluding hydrogens is 450 g/mol. The molecule has 0 aromatic heterocycles. The molecule has 5 nitrogen and oxygen atoms in total. The van der Waals surface area contributed by atoms with Crippen molar-refractivity contribution >= 4 is 56.1 Å². The third-order valence-corrected chi connectivity index (χ3v) is 6.65. The van der Waals surface area contributed by atoms with Crippen molar-refractivity contribution in [1.82, 2.24) is 4.90 Å². The van der Waals surface area contributed by atoms with Crippen molar-refractivity contribution in [3.8, 4) is 0 Å². The summed E-state index contributed by atoms with van der Waals surface area (Å²) in [6.07, 6.45) is 0.865. The van der Waals surface area contributed by atoms with Crippen LogP contribution in [0.15, 0.2) is 63.0 Å². The van der Waals surface area contributed by atoms with Crippen LogP contribution in [0.3, 0.4) is 0 Å². The van der Waals surface area contributed by atoms with Crippen molar-refractivity contribution < 1.29 is 9.59 Å². The molecule has 2 aromatic rings. The van der Waals surface area contributed by atoms with Crippen molar-refractivity contribution in [2.75, 3.05) is 5.75 Å². The minimum Gasteiger partial charge on any atom is -0.293 e. The number of benzene rings is 2. The van der Waals surface area contributed by atoms with Gasteiger partial charge in [0.2, 0.25) is 0 Å². The second-order valence-corrected chi connectivity index (χ2v) is 8.95. The van der Waals surface area contributed by atoms with E-state index in [0.717, 1.165) is 22.1 Å². The van der Waals surface area contributed by atoms with Crippen LogP contribution >= 0.6 is 27.7 Å². The average molecular weight is 470 g/mol. The van der Waals surface area contributed by atoms with Crippen LogP contribution in [0, 0.1) is 5.92 Å². The number of rotatable bonds is 5. The number of ketones is 1. The number of amidine groups is 2. The van der Waals surface area contributed by atoms with Gasteiger partial charge < -0.3 is 0 Å². The predicted molar refractivity (Wildman–Crippen MR) is 121 cm³/mol. The first-order chi connectivity index (χ1) is 14.0. The summed E-state index contributed by atoms with van der Waals surface area (Å²) in [5.41, 5.74) is 2.27. The van der Waals surface area contributed by atoms with Gasteiger partial charge in [0.05, 0.1) is 11.4 Å². The van der Waals surface area contributed by atoms with E-state index in [1.54, 1.807) is 17.0 Å². The number of amides is 1. The van der Waals surface area contributed by atoms with E-state index in [9.17, 15) is 9.59 Å². The fraction of sp³-hybridized carbons (Fsp3) is 0.273. The number of hydrogen-bond acceptors (Lipinski definition) is 5. The number of thioether (sulfide) groups is 1. The minimum atomic E-state index is -0.408. The van der Waals surface area contributed by atoms with E-state index in [4.69, 9.17) is 4.99 Å². The van der Waals surface area contributed by atoms with Gasteiger partial charge in [-0.05, 0) is 30.2 Å². The Hall–Kier alpha value is -2.25. The van der Waals surface area contributed by atoms with Gasteiger partial charge in [0.15, 0.2) is 11.0 Å². The Morgan fingerprint density at radius 3 is 2.66 bits per heavy atom. The molecule has 0 bridgehead atoms. The zero-order valence-electron chi connectivity index (χ0n) is 16.1. The summed E-state index contributed by atoms with van der Waals surface area (Å²) in [4.78, 5) is 36.8. The molecule has 2 atom stereocenters. The van der Waals surface area contributed by atoms with E-state index in [-0.39, 0.29) is 23.4 Å². The number of fused-ring (bicyclic) bond motifs is 3. The SMILES string of the molecule is CC[C@H](C)[C@@H]1N=C2c3ccccc3N=C(SCC(=O)c3ccc(Br)cc3)N2C1=O. The molecule has 2 aliphatic heterocycles. The van der Waals surface area contributed by atoms with E-state index in [0.29, 0.717) is 16.6 Å². The fourth-order valence-corrected chi connectivity index (χ4v) is 4.47. The van der Waals surface area contributed by atoms with Crippen LogP contribution in [-0.2, 0) is 4.79 Å². The van der Waals surface area contributed by atoms with Crippen LogP contribution in [0.1, 0.15) is 36.2 Å². The normalized spacial score (nSPS) is 18.7. The van der Waals surface area contributed by atoms with E-state index in [1.807, 2.05) is 43.3 Å². The summed E-state index contributed by atoms with van der Waals surface area (Å²) in [5.74, 6) is 0.917. The quantitative estimate of drug-likeness (QED) is 0.574. The number of aliphatic imine (C=N–C) groups is 2. The lowest BCUT2D eigenvalue weighted by molar-refractivity contribution is -0.125. The Bertz CT molecular complexity index is 1030. The van der Waals surface area contributed by atoms with E-state index in [1.165, 1.54) is 11.8 Å². The van der Waals surface area contributed by atoms with Gasteiger partial charge in [-0.25, -0.2) is 9.89 Å². The van der Waals surface area contributed by atoms with Crippen LogP contribution in [0.4, 0.5) is 5.69 Å². The minimum absolute atomic E-state index is 0.00679. The first-order valence-corrected chi connectivity index (χ1v) is 11.3. The van der Waals surface area contributed by atoms with Crippen LogP contribution in [-0.4, -0.2) is 39.4 Å². The number of para-hydroxylation sites is 1. The lowest BCUT2D eigenvalue weighted by Gasteiger charge is -2.25. The summed E-state index contributed by atoms with van der Waals surface area (Å²) in [7, 11) is 0. The molecule has 0 saturated heterocycles. The van der Waals surface area contributed by atoms with Gasteiger partial charge >= 0.3 is 0 Å². The average Bonchev–Trinajstić information content (AvgIpc) is 3.09. The van der Waals surface area contributed by atoms with Gasteiger partial charge in [-0.3, -0.25) is 14.6 Å². The first-order valence-electron chi connectivity index (χ1n) is 9.51. The number of carbonyl (C=O) groups is 2. The van der Waals surface area contributed by atoms with Crippen LogP contribution in [0.2, 0.25) is 0 Å². The number of halogens is 1. The van der Waals surface area contributed by atoms with Gasteiger partial charge in [-0.2, -0.15) is 0 Å². The summed E-state index contributed by atoms with van der Waals surface area (Å²) in [6.45, 7) is 4.10. The molecule has 7 heteroatoms. The van der Waals surface area contributed by atoms with Crippen molar-refractivity contribution in [3.63, 3.8) is 0 Å². The van der Waals surface area contributed by atoms with E-state index < -0.39 is 6.04 Å². The van der Waals surface area contributed by atoms with Gasteiger partial charge in [0, 0.05) is 15.6 Å². The maximum Gasteiger partial charge on any atom is 0.259 e. The smallest absolute Gasteiger partial charge is 0.259 e. The first kappa shape index (κ1) is 20.0. The zero-order valence-corrected chi connectivity index (χ0v) is 18.5. The molecule has 0 unspecified atom stereocenters. The monoisotopic (exact) mass is 469 g/mol. The molecule has 0 aliphatic carbocycles. The highest BCUT2D eigenvalue weighted by molar-refractivity contribution is 9.10. The highest BCUT2D eigenvalue weighted by Crippen LogP contribution is 2.35. The molecule has 2 heterocycles. The summed E-state index contributed by atoms with van der Waals surface area (Å²) >= 11 is 4.66. The largest absolute Gasteiger partial charge is 0.293 e. The molecule has 29 heavy (non-hydrogen) atoms. The standard InChI is InChI=1S/C22H20BrN3O2S/c1-3-13(2)19-21(28)26-20(25-19)16-6-4-5-7-17(16)24-22(26)29-12-18(27)14-8-10-15(23)11-9-14/h4-11,13,19H,3,12H2,1-2H3/t13-,19-/m0/s1. The van der Waals surface area contributed by atoms with Crippen molar-refractivity contribution in [2.24, 2.45) is 15.9 Å². The van der Waals surface area contributed by atoms with Crippen LogP contribution < -0.4 is 0 Å². The Labute approximate surface area is 182 Å². The van der Waals surface area contributed by atoms with Gasteiger partial charge in [-0.15, -0.1) is 0 Å². The molecule has 0 N–H and O–H groups in total. The topological polar surface area (TPSA) is 62.1 Å². The predicted octanol–water partition coefficient (Wildman–Crippen LogP) is 5.07. The Balaban J connectivity index is 1.62. The maximum atomic E-state index is 13.1. The van der Waals surface area contributed by atoms with Crippen molar-refractivity contribution in [3.05, 3.63) is 64.1 Å². The third-order valence-electron chi connectivity index (χ3n) is 5.18. The number of hydrogen-bond donors (Lipinski definition) is 0. The lowest BCUT2D eigenvalue weighted by atomic mass is 10.00. The van der Waals surface area contributed by atoms with E-state index in [2.05, 4.69) is 27.8 Å². The molecule has 1 amide bonds. The Morgan fingerprint density at radius 1 is 1.21 bits per heavy atom. The molecule has 0 radical (unpaired) electrons. The van der Waals surface area contributed by atoms with Crippen molar-refractivity contribution in [2.45, 2.75) is 26.3 Å². The maximum absolute atomic E-state index is 13.1. The number of nitrogens with zero attached hydrogens (tertiary/aromatic N) is 3. The molecule has 148 valence electrons. The molecule has 2 aliphatic rings. The highest BCUT2D eigenvalue weighted by atomic mass is 79.9. The fourth-order valence-electron chi connectivity index (χ4n) is 3.31. The highest BCUT2D eigenvalue weighted by Gasteiger charge is 2.43. The summed E-state index contributed by atoms with van der Waals surface area (Å²) < 4.78 is 0.926. The molecule has 0 spiro atoms. The molecule has 4 rings (SSSR count). The molecule has 0 saturated carbocycles. The second kappa shape index (κ2) is 8.24. The third kappa shape index (κ3) is 3.81. The number of Topliss-reactive ketones (excluding diaryl/α,β-unsaturated/α-hetero) is 1. The molecule has 2 aromatic carbocycles.